The molecular formula is C17H20N6O3. The molecule has 0 spiro atoms. The number of hydrogen-bond donors (Lipinski definition) is 1. The summed E-state index contributed by atoms with van der Waals surface area (Å²) in [6, 6.07) is 4.99. The standard InChI is InChI=1S/C17H20N6O3/c1-3-22-7-8-23(16(25)15(22)24)17(26)19-11-13-9-14(20-21(13)2)12-5-4-6-18-10-12/h4-6,9-10H,3,7-8,11H2,1-2H3,(H,19,26). The zero-order chi connectivity index (χ0) is 18.7. The van der Waals surface area contributed by atoms with Crippen LogP contribution in [0.2, 0.25) is 0 Å². The number of aryl methyl sites for hydroxylation is 1. The summed E-state index contributed by atoms with van der Waals surface area (Å²) in [5.41, 5.74) is 2.38. The van der Waals surface area contributed by atoms with E-state index in [0.29, 0.717) is 13.1 Å². The Bertz CT molecular complexity index is 832. The van der Waals surface area contributed by atoms with Gasteiger partial charge in [0.25, 0.3) is 0 Å². The number of carbonyl (C=O) groups excluding carboxylic acids is 3. The van der Waals surface area contributed by atoms with Crippen LogP contribution in [0.15, 0.2) is 30.6 Å². The summed E-state index contributed by atoms with van der Waals surface area (Å²) in [7, 11) is 1.77. The van der Waals surface area contributed by atoms with Gasteiger partial charge in [0.15, 0.2) is 0 Å². The number of piperazine rings is 1. The van der Waals surface area contributed by atoms with Gasteiger partial charge in [0, 0.05) is 44.6 Å². The van der Waals surface area contributed by atoms with E-state index < -0.39 is 17.8 Å². The van der Waals surface area contributed by atoms with Crippen LogP contribution < -0.4 is 5.32 Å². The molecule has 0 aliphatic carbocycles. The van der Waals surface area contributed by atoms with E-state index in [0.717, 1.165) is 21.9 Å². The van der Waals surface area contributed by atoms with Gasteiger partial charge in [0.1, 0.15) is 0 Å². The van der Waals surface area contributed by atoms with Gasteiger partial charge in [-0.2, -0.15) is 5.10 Å². The molecule has 0 aromatic carbocycles. The molecule has 1 aliphatic rings. The van der Waals surface area contributed by atoms with Crippen LogP contribution in [0.3, 0.4) is 0 Å². The normalized spacial score (nSPS) is 14.7. The molecule has 2 aromatic rings. The highest BCUT2D eigenvalue weighted by Crippen LogP contribution is 2.17. The van der Waals surface area contributed by atoms with Gasteiger partial charge in [-0.15, -0.1) is 0 Å². The number of carbonyl (C=O) groups is 3. The van der Waals surface area contributed by atoms with Crippen molar-refractivity contribution in [2.75, 3.05) is 19.6 Å². The molecule has 3 rings (SSSR count). The molecule has 136 valence electrons. The molecular weight excluding hydrogens is 336 g/mol. The van der Waals surface area contributed by atoms with Crippen molar-refractivity contribution in [1.29, 1.82) is 0 Å². The van der Waals surface area contributed by atoms with Crippen molar-refractivity contribution in [3.63, 3.8) is 0 Å². The number of nitrogens with zero attached hydrogens (tertiary/aromatic N) is 5. The zero-order valence-corrected chi connectivity index (χ0v) is 14.7. The van der Waals surface area contributed by atoms with Crippen LogP contribution in [-0.4, -0.2) is 62.0 Å². The summed E-state index contributed by atoms with van der Waals surface area (Å²) < 4.78 is 1.66. The van der Waals surface area contributed by atoms with Crippen molar-refractivity contribution in [3.05, 3.63) is 36.3 Å². The van der Waals surface area contributed by atoms with Crippen molar-refractivity contribution < 1.29 is 14.4 Å². The molecule has 1 saturated heterocycles. The number of aromatic nitrogens is 3. The van der Waals surface area contributed by atoms with Crippen molar-refractivity contribution in [3.8, 4) is 11.3 Å². The summed E-state index contributed by atoms with van der Waals surface area (Å²) in [5.74, 6) is -1.44. The van der Waals surface area contributed by atoms with Gasteiger partial charge in [0.05, 0.1) is 17.9 Å². The Morgan fingerprint density at radius 1 is 1.27 bits per heavy atom. The van der Waals surface area contributed by atoms with Crippen molar-refractivity contribution in [2.24, 2.45) is 7.05 Å². The second kappa shape index (κ2) is 7.34. The first kappa shape index (κ1) is 17.6. The summed E-state index contributed by atoms with van der Waals surface area (Å²) in [6.45, 7) is 2.98. The fourth-order valence-electron chi connectivity index (χ4n) is 2.76. The molecule has 0 radical (unpaired) electrons. The minimum Gasteiger partial charge on any atom is -0.333 e. The van der Waals surface area contributed by atoms with E-state index in [4.69, 9.17) is 0 Å². The maximum atomic E-state index is 12.3. The van der Waals surface area contributed by atoms with E-state index in [1.807, 2.05) is 18.2 Å². The van der Waals surface area contributed by atoms with Gasteiger partial charge in [-0.1, -0.05) is 0 Å². The highest BCUT2D eigenvalue weighted by molar-refractivity contribution is 6.38. The summed E-state index contributed by atoms with van der Waals surface area (Å²) in [4.78, 5) is 42.7. The quantitative estimate of drug-likeness (QED) is 0.799. The lowest BCUT2D eigenvalue weighted by atomic mass is 10.2. The molecule has 0 saturated carbocycles. The smallest absolute Gasteiger partial charge is 0.324 e. The molecule has 1 N–H and O–H groups in total. The fraction of sp³-hybridized carbons (Fsp3) is 0.353. The third-order valence-electron chi connectivity index (χ3n) is 4.29. The predicted octanol–water partition coefficient (Wildman–Crippen LogP) is 0.382. The van der Waals surface area contributed by atoms with Gasteiger partial charge in [0.2, 0.25) is 0 Å². The molecule has 3 heterocycles. The minimum absolute atomic E-state index is 0.191. The lowest BCUT2D eigenvalue weighted by Gasteiger charge is -2.31. The van der Waals surface area contributed by atoms with Crippen LogP contribution in [0.25, 0.3) is 11.3 Å². The molecule has 2 aromatic heterocycles. The molecule has 0 atom stereocenters. The molecule has 0 bridgehead atoms. The molecule has 0 unspecified atom stereocenters. The molecule has 26 heavy (non-hydrogen) atoms. The monoisotopic (exact) mass is 356 g/mol. The summed E-state index contributed by atoms with van der Waals surface area (Å²) in [5, 5.41) is 7.08. The molecule has 4 amide bonds. The number of pyridine rings is 1. The Morgan fingerprint density at radius 2 is 2.08 bits per heavy atom. The van der Waals surface area contributed by atoms with E-state index >= 15 is 0 Å². The van der Waals surface area contributed by atoms with Crippen LogP contribution in [0.1, 0.15) is 12.6 Å². The molecule has 9 nitrogen and oxygen atoms in total. The van der Waals surface area contributed by atoms with Crippen molar-refractivity contribution >= 4 is 17.8 Å². The molecule has 9 heteroatoms. The fourth-order valence-corrected chi connectivity index (χ4v) is 2.76. The number of likely N-dealkylation sites (N-methyl/N-ethyl adjacent to an activating group) is 1. The second-order valence-corrected chi connectivity index (χ2v) is 5.89. The van der Waals surface area contributed by atoms with Crippen LogP contribution in [-0.2, 0) is 23.2 Å². The first-order valence-corrected chi connectivity index (χ1v) is 8.33. The molecule has 1 fully saturated rings. The number of imide groups is 1. The predicted molar refractivity (Wildman–Crippen MR) is 92.6 cm³/mol. The summed E-state index contributed by atoms with van der Waals surface area (Å²) >= 11 is 0. The Balaban J connectivity index is 1.64. The largest absolute Gasteiger partial charge is 0.333 e. The number of nitrogens with one attached hydrogen (secondary N) is 1. The van der Waals surface area contributed by atoms with Gasteiger partial charge in [-0.3, -0.25) is 24.2 Å². The van der Waals surface area contributed by atoms with E-state index in [2.05, 4.69) is 15.4 Å². The van der Waals surface area contributed by atoms with Crippen molar-refractivity contribution in [2.45, 2.75) is 13.5 Å². The number of hydrogen-bond acceptors (Lipinski definition) is 5. The van der Waals surface area contributed by atoms with Crippen LogP contribution >= 0.6 is 0 Å². The van der Waals surface area contributed by atoms with Gasteiger partial charge >= 0.3 is 17.8 Å². The van der Waals surface area contributed by atoms with Crippen LogP contribution in [0.4, 0.5) is 4.79 Å². The number of rotatable bonds is 4. The topological polar surface area (TPSA) is 100 Å². The van der Waals surface area contributed by atoms with Gasteiger partial charge in [-0.05, 0) is 25.1 Å². The van der Waals surface area contributed by atoms with Crippen molar-refractivity contribution in [1.82, 2.24) is 29.9 Å². The van der Waals surface area contributed by atoms with Crippen LogP contribution in [0, 0.1) is 0 Å². The summed E-state index contributed by atoms with van der Waals surface area (Å²) in [6.07, 6.45) is 3.40. The number of urea groups is 1. The van der Waals surface area contributed by atoms with Gasteiger partial charge in [-0.25, -0.2) is 4.79 Å². The second-order valence-electron chi connectivity index (χ2n) is 5.89. The van der Waals surface area contributed by atoms with E-state index in [1.54, 1.807) is 31.0 Å². The van der Waals surface area contributed by atoms with Gasteiger partial charge < -0.3 is 10.2 Å². The first-order valence-electron chi connectivity index (χ1n) is 8.33. The van der Waals surface area contributed by atoms with Crippen LogP contribution in [0.5, 0.6) is 0 Å². The number of amides is 4. The maximum absolute atomic E-state index is 12.3. The zero-order valence-electron chi connectivity index (χ0n) is 14.7. The Hall–Kier alpha value is -3.23. The lowest BCUT2D eigenvalue weighted by Crippen LogP contribution is -2.58. The minimum atomic E-state index is -0.795. The SMILES string of the molecule is CCN1CCN(C(=O)NCc2cc(-c3cccnc3)nn2C)C(=O)C1=O. The molecule has 1 aliphatic heterocycles. The highest BCUT2D eigenvalue weighted by Gasteiger charge is 2.35. The Labute approximate surface area is 150 Å². The lowest BCUT2D eigenvalue weighted by molar-refractivity contribution is -0.153. The average Bonchev–Trinajstić information content (AvgIpc) is 3.03. The third kappa shape index (κ3) is 3.41. The Morgan fingerprint density at radius 3 is 2.77 bits per heavy atom. The highest BCUT2D eigenvalue weighted by atomic mass is 16.2. The average molecular weight is 356 g/mol. The van der Waals surface area contributed by atoms with E-state index in [1.165, 1.54) is 4.90 Å². The third-order valence-corrected chi connectivity index (χ3v) is 4.29. The Kier molecular flexibility index (Phi) is 4.97. The van der Waals surface area contributed by atoms with E-state index in [-0.39, 0.29) is 13.1 Å². The van der Waals surface area contributed by atoms with E-state index in [9.17, 15) is 14.4 Å². The maximum Gasteiger partial charge on any atom is 0.324 e. The first-order chi connectivity index (χ1) is 12.5.